The van der Waals surface area contributed by atoms with Crippen LogP contribution < -0.4 is 5.32 Å². The van der Waals surface area contributed by atoms with Crippen LogP contribution in [-0.4, -0.2) is 19.5 Å². The molecule has 3 rings (SSSR count). The summed E-state index contributed by atoms with van der Waals surface area (Å²) in [6, 6.07) is 8.16. The molecule has 5 heteroatoms. The molecule has 0 radical (unpaired) electrons. The third-order valence-corrected chi connectivity index (χ3v) is 2.76. The van der Waals surface area contributed by atoms with Gasteiger partial charge in [0.1, 0.15) is 6.33 Å². The smallest absolute Gasteiger partial charge is 0.115 e. The first-order valence-corrected chi connectivity index (χ1v) is 5.98. The van der Waals surface area contributed by atoms with Crippen molar-refractivity contribution in [2.24, 2.45) is 0 Å². The first-order chi connectivity index (χ1) is 9.42. The normalized spacial score (nSPS) is 10.3. The van der Waals surface area contributed by atoms with Crippen LogP contribution in [0.25, 0.3) is 5.69 Å². The predicted octanol–water partition coefficient (Wildman–Crippen LogP) is 2.27. The number of hydrogen-bond acceptors (Lipinski definition) is 4. The van der Waals surface area contributed by atoms with Gasteiger partial charge in [-0.05, 0) is 18.2 Å². The van der Waals surface area contributed by atoms with Gasteiger partial charge in [0, 0.05) is 48.3 Å². The van der Waals surface area contributed by atoms with Crippen LogP contribution in [0, 0.1) is 0 Å². The van der Waals surface area contributed by atoms with Gasteiger partial charge in [-0.3, -0.25) is 0 Å². The van der Waals surface area contributed by atoms with Crippen LogP contribution >= 0.6 is 0 Å². The average molecular weight is 251 g/mol. The highest BCUT2D eigenvalue weighted by Crippen LogP contribution is 2.15. The topological polar surface area (TPSA) is 55.6 Å². The van der Waals surface area contributed by atoms with E-state index >= 15 is 0 Å². The van der Waals surface area contributed by atoms with E-state index in [0.29, 0.717) is 6.54 Å². The van der Waals surface area contributed by atoms with Gasteiger partial charge in [-0.25, -0.2) is 15.0 Å². The summed E-state index contributed by atoms with van der Waals surface area (Å²) in [6.07, 6.45) is 10.6. The summed E-state index contributed by atoms with van der Waals surface area (Å²) in [4.78, 5) is 12.0. The van der Waals surface area contributed by atoms with Gasteiger partial charge in [0.05, 0.1) is 6.33 Å². The fraction of sp³-hybridized carbons (Fsp3) is 0.0714. The minimum absolute atomic E-state index is 0.703. The number of benzene rings is 1. The molecule has 0 saturated carbocycles. The van der Waals surface area contributed by atoms with Crippen molar-refractivity contribution in [1.29, 1.82) is 0 Å². The van der Waals surface area contributed by atoms with E-state index in [-0.39, 0.29) is 0 Å². The summed E-state index contributed by atoms with van der Waals surface area (Å²) in [5, 5.41) is 3.35. The number of imidazole rings is 1. The summed E-state index contributed by atoms with van der Waals surface area (Å²) in [6.45, 7) is 0.703. The number of aromatic nitrogens is 4. The molecule has 0 bridgehead atoms. The van der Waals surface area contributed by atoms with Crippen molar-refractivity contribution in [2.75, 3.05) is 5.32 Å². The molecule has 5 nitrogen and oxygen atoms in total. The maximum absolute atomic E-state index is 4.05. The number of nitrogens with one attached hydrogen (secondary N) is 1. The second-order valence-corrected chi connectivity index (χ2v) is 4.12. The summed E-state index contributed by atoms with van der Waals surface area (Å²) in [5.74, 6) is 0. The maximum atomic E-state index is 4.05. The summed E-state index contributed by atoms with van der Waals surface area (Å²) in [7, 11) is 0. The van der Waals surface area contributed by atoms with Crippen molar-refractivity contribution in [2.45, 2.75) is 6.54 Å². The minimum Gasteiger partial charge on any atom is -0.381 e. The van der Waals surface area contributed by atoms with E-state index < -0.39 is 0 Å². The molecule has 19 heavy (non-hydrogen) atoms. The molecule has 0 aliphatic carbocycles. The summed E-state index contributed by atoms with van der Waals surface area (Å²) in [5.41, 5.74) is 3.18. The fourth-order valence-corrected chi connectivity index (χ4v) is 1.81. The summed E-state index contributed by atoms with van der Waals surface area (Å²) < 4.78 is 1.97. The Labute approximate surface area is 111 Å². The van der Waals surface area contributed by atoms with E-state index in [1.54, 1.807) is 24.9 Å². The first-order valence-electron chi connectivity index (χ1n) is 5.98. The summed E-state index contributed by atoms with van der Waals surface area (Å²) >= 11 is 0. The first kappa shape index (κ1) is 11.4. The fourth-order valence-electron chi connectivity index (χ4n) is 1.81. The van der Waals surface area contributed by atoms with Crippen LogP contribution in [0.2, 0.25) is 0 Å². The molecule has 0 unspecified atom stereocenters. The zero-order valence-electron chi connectivity index (χ0n) is 10.3. The van der Waals surface area contributed by atoms with E-state index in [1.165, 1.54) is 6.33 Å². The van der Waals surface area contributed by atoms with E-state index in [2.05, 4.69) is 26.3 Å². The van der Waals surface area contributed by atoms with Gasteiger partial charge < -0.3 is 9.88 Å². The third kappa shape index (κ3) is 2.77. The minimum atomic E-state index is 0.703. The van der Waals surface area contributed by atoms with Crippen molar-refractivity contribution in [3.8, 4) is 5.69 Å². The highest BCUT2D eigenvalue weighted by atomic mass is 15.0. The lowest BCUT2D eigenvalue weighted by molar-refractivity contribution is 1.04. The van der Waals surface area contributed by atoms with Crippen molar-refractivity contribution in [1.82, 2.24) is 19.5 Å². The lowest BCUT2D eigenvalue weighted by atomic mass is 10.2. The molecule has 0 aliphatic heterocycles. The van der Waals surface area contributed by atoms with Crippen LogP contribution in [0.5, 0.6) is 0 Å². The quantitative estimate of drug-likeness (QED) is 0.773. The van der Waals surface area contributed by atoms with Gasteiger partial charge >= 0.3 is 0 Å². The van der Waals surface area contributed by atoms with E-state index in [4.69, 9.17) is 0 Å². The predicted molar refractivity (Wildman–Crippen MR) is 72.9 cm³/mol. The van der Waals surface area contributed by atoms with Crippen LogP contribution in [-0.2, 0) is 6.54 Å². The van der Waals surface area contributed by atoms with Crippen LogP contribution in [0.4, 0.5) is 5.69 Å². The largest absolute Gasteiger partial charge is 0.381 e. The van der Waals surface area contributed by atoms with Crippen molar-refractivity contribution in [3.63, 3.8) is 0 Å². The van der Waals surface area contributed by atoms with E-state index in [9.17, 15) is 0 Å². The van der Waals surface area contributed by atoms with Crippen molar-refractivity contribution >= 4 is 5.69 Å². The maximum Gasteiger partial charge on any atom is 0.115 e. The standard InChI is InChI=1S/C14H13N5/c1-2-13(18-9-12-7-16-10-17-8-12)6-14(3-1)19-5-4-15-11-19/h1-8,10-11,18H,9H2. The molecule has 2 heterocycles. The molecule has 94 valence electrons. The van der Waals surface area contributed by atoms with Gasteiger partial charge in [0.25, 0.3) is 0 Å². The second-order valence-electron chi connectivity index (χ2n) is 4.12. The molecular weight excluding hydrogens is 238 g/mol. The molecule has 2 aromatic heterocycles. The van der Waals surface area contributed by atoms with Gasteiger partial charge in [0.15, 0.2) is 0 Å². The van der Waals surface area contributed by atoms with E-state index in [1.807, 2.05) is 29.0 Å². The molecule has 0 fully saturated rings. The zero-order valence-corrected chi connectivity index (χ0v) is 10.3. The Kier molecular flexibility index (Phi) is 3.18. The zero-order chi connectivity index (χ0) is 12.9. The molecule has 0 saturated heterocycles. The lowest BCUT2D eigenvalue weighted by Crippen LogP contribution is -2.01. The van der Waals surface area contributed by atoms with Gasteiger partial charge in [-0.15, -0.1) is 0 Å². The van der Waals surface area contributed by atoms with Gasteiger partial charge in [0.2, 0.25) is 0 Å². The molecule has 3 aromatic rings. The highest BCUT2D eigenvalue weighted by molar-refractivity contribution is 5.51. The Balaban J connectivity index is 1.74. The number of anilines is 1. The Morgan fingerprint density at radius 3 is 2.79 bits per heavy atom. The Bertz CT molecular complexity index is 634. The molecule has 1 aromatic carbocycles. The molecular formula is C14H13N5. The Morgan fingerprint density at radius 2 is 2.00 bits per heavy atom. The highest BCUT2D eigenvalue weighted by Gasteiger charge is 1.98. The van der Waals surface area contributed by atoms with Crippen LogP contribution in [0.15, 0.2) is 61.7 Å². The molecule has 0 spiro atoms. The molecule has 0 amide bonds. The third-order valence-electron chi connectivity index (χ3n) is 2.76. The molecule has 0 aliphatic rings. The van der Waals surface area contributed by atoms with Gasteiger partial charge in [-0.1, -0.05) is 6.07 Å². The van der Waals surface area contributed by atoms with Crippen LogP contribution in [0.1, 0.15) is 5.56 Å². The SMILES string of the molecule is c1cc(NCc2cncnc2)cc(-n2ccnc2)c1. The number of nitrogens with zero attached hydrogens (tertiary/aromatic N) is 4. The number of rotatable bonds is 4. The number of hydrogen-bond donors (Lipinski definition) is 1. The molecule has 1 N–H and O–H groups in total. The monoisotopic (exact) mass is 251 g/mol. The van der Waals surface area contributed by atoms with Gasteiger partial charge in [-0.2, -0.15) is 0 Å². The Morgan fingerprint density at radius 1 is 1.11 bits per heavy atom. The average Bonchev–Trinajstić information content (AvgIpc) is 3.01. The second kappa shape index (κ2) is 5.30. The molecule has 0 atom stereocenters. The van der Waals surface area contributed by atoms with Crippen LogP contribution in [0.3, 0.4) is 0 Å². The van der Waals surface area contributed by atoms with E-state index in [0.717, 1.165) is 16.9 Å². The van der Waals surface area contributed by atoms with Crippen molar-refractivity contribution < 1.29 is 0 Å². The Hall–Kier alpha value is -2.69. The van der Waals surface area contributed by atoms with Crippen molar-refractivity contribution in [3.05, 3.63) is 67.3 Å². The lowest BCUT2D eigenvalue weighted by Gasteiger charge is -2.08.